The zero-order valence-electron chi connectivity index (χ0n) is 20.8. The first-order valence-electron chi connectivity index (χ1n) is 12.3. The molecule has 3 aliphatic rings. The molecule has 0 aliphatic carbocycles. The SMILES string of the molecule is CN1C(=O)C2C(SCC(=O)N3CCN(c4ccccc4)CC3)NC(c3ccc(F)cc3)NC2N(C)C1=O. The number of amides is 4. The molecule has 0 aromatic heterocycles. The third-order valence-corrected chi connectivity index (χ3v) is 8.50. The summed E-state index contributed by atoms with van der Waals surface area (Å²) >= 11 is 1.38. The van der Waals surface area contributed by atoms with Crippen LogP contribution < -0.4 is 15.5 Å². The van der Waals surface area contributed by atoms with Crippen LogP contribution in [0, 0.1) is 11.7 Å². The number of nitrogens with zero attached hydrogens (tertiary/aromatic N) is 4. The first-order chi connectivity index (χ1) is 17.8. The second-order valence-corrected chi connectivity index (χ2v) is 10.6. The van der Waals surface area contributed by atoms with Gasteiger partial charge in [0.25, 0.3) is 0 Å². The van der Waals surface area contributed by atoms with Gasteiger partial charge in [-0.05, 0) is 29.8 Å². The van der Waals surface area contributed by atoms with Crippen molar-refractivity contribution in [2.75, 3.05) is 50.9 Å². The van der Waals surface area contributed by atoms with Gasteiger partial charge in [-0.3, -0.25) is 25.1 Å². The van der Waals surface area contributed by atoms with E-state index in [2.05, 4.69) is 27.7 Å². The number of anilines is 1. The fourth-order valence-electron chi connectivity index (χ4n) is 5.15. The highest BCUT2D eigenvalue weighted by atomic mass is 32.2. The summed E-state index contributed by atoms with van der Waals surface area (Å²) < 4.78 is 13.5. The number of thioether (sulfide) groups is 1. The summed E-state index contributed by atoms with van der Waals surface area (Å²) in [5, 5.41) is 6.33. The predicted molar refractivity (Wildman–Crippen MR) is 140 cm³/mol. The van der Waals surface area contributed by atoms with Gasteiger partial charge in [-0.15, -0.1) is 11.8 Å². The molecule has 0 bridgehead atoms. The molecule has 3 aliphatic heterocycles. The van der Waals surface area contributed by atoms with Crippen LogP contribution in [-0.2, 0) is 9.59 Å². The summed E-state index contributed by atoms with van der Waals surface area (Å²) in [6, 6.07) is 15.8. The van der Waals surface area contributed by atoms with Gasteiger partial charge in [0.2, 0.25) is 11.8 Å². The maximum absolute atomic E-state index is 13.5. The highest BCUT2D eigenvalue weighted by Gasteiger charge is 2.51. The molecular formula is C26H31FN6O3S. The third kappa shape index (κ3) is 5.16. The largest absolute Gasteiger partial charge is 0.368 e. The van der Waals surface area contributed by atoms with Gasteiger partial charge >= 0.3 is 6.03 Å². The Morgan fingerprint density at radius 1 is 0.973 bits per heavy atom. The van der Waals surface area contributed by atoms with E-state index in [4.69, 9.17) is 0 Å². The second-order valence-electron chi connectivity index (χ2n) is 9.51. The smallest absolute Gasteiger partial charge is 0.327 e. The zero-order valence-corrected chi connectivity index (χ0v) is 21.7. The molecule has 0 saturated carbocycles. The molecule has 2 aromatic rings. The number of hydrogen-bond acceptors (Lipinski definition) is 7. The average Bonchev–Trinajstić information content (AvgIpc) is 2.94. The lowest BCUT2D eigenvalue weighted by Gasteiger charge is -2.50. The normalized spacial score (nSPS) is 26.4. The van der Waals surface area contributed by atoms with Crippen molar-refractivity contribution >= 4 is 35.3 Å². The molecule has 2 N–H and O–H groups in total. The highest BCUT2D eigenvalue weighted by Crippen LogP contribution is 2.34. The molecule has 2 aromatic carbocycles. The van der Waals surface area contributed by atoms with Gasteiger partial charge in [0.1, 0.15) is 5.82 Å². The summed E-state index contributed by atoms with van der Waals surface area (Å²) in [5.74, 6) is -1.00. The number of nitrogens with one attached hydrogen (secondary N) is 2. The standard InChI is InChI=1S/C26H31FN6O3S/c1-30-23-21(25(35)31(2)26(30)36)24(29-22(28-23)17-8-10-18(27)11-9-17)37-16-20(34)33-14-12-32(13-15-33)19-6-4-3-5-7-19/h3-11,21-24,28-29H,12-16H2,1-2H3. The number of halogens is 1. The lowest BCUT2D eigenvalue weighted by molar-refractivity contribution is -0.140. The van der Waals surface area contributed by atoms with Crippen LogP contribution in [0.25, 0.3) is 0 Å². The quantitative estimate of drug-likeness (QED) is 0.615. The highest BCUT2D eigenvalue weighted by molar-refractivity contribution is 8.00. The molecule has 3 saturated heterocycles. The van der Waals surface area contributed by atoms with Crippen LogP contribution in [0.1, 0.15) is 11.7 Å². The molecule has 5 rings (SSSR count). The van der Waals surface area contributed by atoms with Crippen LogP contribution in [-0.4, -0.2) is 90.1 Å². The Bertz CT molecular complexity index is 1140. The summed E-state index contributed by atoms with van der Waals surface area (Å²) in [4.78, 5) is 45.7. The Labute approximate surface area is 219 Å². The van der Waals surface area contributed by atoms with Gasteiger partial charge in [0.05, 0.1) is 29.4 Å². The Morgan fingerprint density at radius 3 is 2.32 bits per heavy atom. The Morgan fingerprint density at radius 2 is 1.65 bits per heavy atom. The minimum absolute atomic E-state index is 0.0222. The minimum atomic E-state index is -0.586. The Kier molecular flexibility index (Phi) is 7.36. The van der Waals surface area contributed by atoms with E-state index in [0.29, 0.717) is 13.1 Å². The van der Waals surface area contributed by atoms with Crippen LogP contribution in [0.4, 0.5) is 14.9 Å². The number of rotatable bonds is 5. The van der Waals surface area contributed by atoms with E-state index in [1.54, 1.807) is 19.2 Å². The monoisotopic (exact) mass is 526 g/mol. The molecule has 9 nitrogen and oxygen atoms in total. The van der Waals surface area contributed by atoms with Crippen molar-refractivity contribution in [2.24, 2.45) is 5.92 Å². The summed E-state index contributed by atoms with van der Waals surface area (Å²) in [5.41, 5.74) is 1.93. The lowest BCUT2D eigenvalue weighted by Crippen LogP contribution is -2.72. The molecule has 0 radical (unpaired) electrons. The maximum atomic E-state index is 13.5. The number of urea groups is 1. The number of carbonyl (C=O) groups excluding carboxylic acids is 3. The molecule has 4 unspecified atom stereocenters. The molecule has 3 fully saturated rings. The number of imide groups is 1. The van der Waals surface area contributed by atoms with E-state index in [1.165, 1.54) is 35.8 Å². The number of fused-ring (bicyclic) bond motifs is 1. The topological polar surface area (TPSA) is 88.2 Å². The van der Waals surface area contributed by atoms with Gasteiger partial charge in [0, 0.05) is 46.0 Å². The molecule has 0 spiro atoms. The summed E-state index contributed by atoms with van der Waals surface area (Å²) in [6.45, 7) is 2.80. The minimum Gasteiger partial charge on any atom is -0.368 e. The maximum Gasteiger partial charge on any atom is 0.327 e. The number of para-hydroxylation sites is 1. The number of piperazine rings is 1. The predicted octanol–water partition coefficient (Wildman–Crippen LogP) is 1.89. The van der Waals surface area contributed by atoms with E-state index in [1.807, 2.05) is 23.1 Å². The van der Waals surface area contributed by atoms with Crippen LogP contribution in [0.2, 0.25) is 0 Å². The van der Waals surface area contributed by atoms with Crippen molar-refractivity contribution < 1.29 is 18.8 Å². The van der Waals surface area contributed by atoms with Crippen LogP contribution in [0.5, 0.6) is 0 Å². The molecule has 4 amide bonds. The van der Waals surface area contributed by atoms with Crippen molar-refractivity contribution in [3.8, 4) is 0 Å². The van der Waals surface area contributed by atoms with E-state index < -0.39 is 29.7 Å². The van der Waals surface area contributed by atoms with Crippen molar-refractivity contribution in [3.05, 3.63) is 66.0 Å². The molecule has 37 heavy (non-hydrogen) atoms. The van der Waals surface area contributed by atoms with E-state index >= 15 is 0 Å². The molecule has 196 valence electrons. The van der Waals surface area contributed by atoms with Gasteiger partial charge in [-0.2, -0.15) is 0 Å². The Balaban J connectivity index is 1.27. The van der Waals surface area contributed by atoms with Crippen LogP contribution in [0.3, 0.4) is 0 Å². The first-order valence-corrected chi connectivity index (χ1v) is 13.4. The number of benzene rings is 2. The second kappa shape index (κ2) is 10.7. The lowest BCUT2D eigenvalue weighted by atomic mass is 9.96. The number of carbonyl (C=O) groups is 3. The van der Waals surface area contributed by atoms with Gasteiger partial charge in [-0.1, -0.05) is 30.3 Å². The van der Waals surface area contributed by atoms with Crippen molar-refractivity contribution in [2.45, 2.75) is 17.7 Å². The van der Waals surface area contributed by atoms with Crippen molar-refractivity contribution in [3.63, 3.8) is 0 Å². The van der Waals surface area contributed by atoms with E-state index in [-0.39, 0.29) is 23.4 Å². The van der Waals surface area contributed by atoms with Gasteiger partial charge in [0.15, 0.2) is 0 Å². The van der Waals surface area contributed by atoms with Crippen LogP contribution >= 0.6 is 11.8 Å². The fourth-order valence-corrected chi connectivity index (χ4v) is 6.36. The average molecular weight is 527 g/mol. The van der Waals surface area contributed by atoms with E-state index in [9.17, 15) is 18.8 Å². The molecule has 4 atom stereocenters. The zero-order chi connectivity index (χ0) is 26.1. The molecular weight excluding hydrogens is 495 g/mol. The summed E-state index contributed by atoms with van der Waals surface area (Å²) in [6.07, 6.45) is -0.982. The van der Waals surface area contributed by atoms with E-state index in [0.717, 1.165) is 29.2 Å². The van der Waals surface area contributed by atoms with Crippen molar-refractivity contribution in [1.29, 1.82) is 0 Å². The van der Waals surface area contributed by atoms with Gasteiger partial charge < -0.3 is 14.7 Å². The summed E-state index contributed by atoms with van der Waals surface area (Å²) in [7, 11) is 3.13. The van der Waals surface area contributed by atoms with Crippen molar-refractivity contribution in [1.82, 2.24) is 25.3 Å². The number of hydrogen-bond donors (Lipinski definition) is 2. The first kappa shape index (κ1) is 25.5. The Hall–Kier alpha value is -3.15. The van der Waals surface area contributed by atoms with Crippen LogP contribution in [0.15, 0.2) is 54.6 Å². The molecule has 11 heteroatoms. The fraction of sp³-hybridized carbons (Fsp3) is 0.423. The third-order valence-electron chi connectivity index (χ3n) is 7.30. The van der Waals surface area contributed by atoms with Gasteiger partial charge in [-0.25, -0.2) is 9.18 Å². The molecule has 3 heterocycles.